The van der Waals surface area contributed by atoms with Gasteiger partial charge in [-0.3, -0.25) is 4.90 Å². The smallest absolute Gasteiger partial charge is 0.163 e. The molecule has 0 spiro atoms. The molecular weight excluding hydrogens is 533 g/mol. The molecular formula is C30H37ClFN5O3. The van der Waals surface area contributed by atoms with Gasteiger partial charge in [0.2, 0.25) is 0 Å². The molecule has 214 valence electrons. The van der Waals surface area contributed by atoms with Crippen molar-refractivity contribution in [3.63, 3.8) is 0 Å². The van der Waals surface area contributed by atoms with Gasteiger partial charge >= 0.3 is 0 Å². The Hall–Kier alpha value is -3.01. The molecule has 2 aromatic heterocycles. The molecule has 0 amide bonds. The summed E-state index contributed by atoms with van der Waals surface area (Å²) >= 11 is 6.70. The van der Waals surface area contributed by atoms with Crippen molar-refractivity contribution in [3.05, 3.63) is 51.4 Å². The van der Waals surface area contributed by atoms with Crippen molar-refractivity contribution >= 4 is 17.4 Å². The standard InChI is InChI=1S/C30H37ClFN5O3/c1-6-7-23(38)16-39-24-8-9-26(31)25(10-24)29-33-28(27-19(4)35-40-20(27)5)18(3)30(34-29)37-14-21-12-36(11-17(2)32)13-22(21)15-37/h8-10,17,23,38H,6-7,11-16H2,1-5H3/t17?,23-/m1/s1. The van der Waals surface area contributed by atoms with Gasteiger partial charge in [0.25, 0.3) is 0 Å². The van der Waals surface area contributed by atoms with Crippen LogP contribution < -0.4 is 9.64 Å². The number of benzene rings is 1. The number of nitrogens with zero attached hydrogens (tertiary/aromatic N) is 5. The molecule has 4 heterocycles. The number of anilines is 1. The second kappa shape index (κ2) is 11.8. The van der Waals surface area contributed by atoms with Crippen molar-refractivity contribution in [2.45, 2.75) is 59.7 Å². The van der Waals surface area contributed by atoms with Gasteiger partial charge in [0.05, 0.1) is 28.1 Å². The third-order valence-corrected chi connectivity index (χ3v) is 7.86. The third-order valence-electron chi connectivity index (χ3n) is 7.54. The average molecular weight is 570 g/mol. The Morgan fingerprint density at radius 2 is 1.85 bits per heavy atom. The SMILES string of the molecule is CCC[C@@H](O)COc1ccc(Cl)c(-c2nc(-c3c(C)noc3C)c(C)c(N3CC4=C(CN(CC(C)F)C4)C3)n2)c1. The van der Waals surface area contributed by atoms with Crippen LogP contribution in [0.25, 0.3) is 22.6 Å². The minimum Gasteiger partial charge on any atom is -0.491 e. The lowest BCUT2D eigenvalue weighted by atomic mass is 10.0. The molecule has 3 aromatic rings. The van der Waals surface area contributed by atoms with Gasteiger partial charge in [-0.1, -0.05) is 30.1 Å². The van der Waals surface area contributed by atoms with Crippen LogP contribution in [-0.4, -0.2) is 76.7 Å². The summed E-state index contributed by atoms with van der Waals surface area (Å²) in [5, 5.41) is 14.8. The van der Waals surface area contributed by atoms with Crippen LogP contribution in [0.2, 0.25) is 5.02 Å². The summed E-state index contributed by atoms with van der Waals surface area (Å²) in [4.78, 5) is 14.5. The van der Waals surface area contributed by atoms with E-state index < -0.39 is 12.3 Å². The van der Waals surface area contributed by atoms with E-state index in [-0.39, 0.29) is 6.61 Å². The predicted octanol–water partition coefficient (Wildman–Crippen LogP) is 5.71. The van der Waals surface area contributed by atoms with E-state index >= 15 is 0 Å². The van der Waals surface area contributed by atoms with Gasteiger partial charge in [-0.2, -0.15) is 0 Å². The number of aryl methyl sites for hydroxylation is 2. The van der Waals surface area contributed by atoms with Gasteiger partial charge < -0.3 is 19.3 Å². The fourth-order valence-electron chi connectivity index (χ4n) is 5.67. The average Bonchev–Trinajstić information content (AvgIpc) is 3.56. The summed E-state index contributed by atoms with van der Waals surface area (Å²) in [6, 6.07) is 5.38. The fourth-order valence-corrected chi connectivity index (χ4v) is 5.87. The van der Waals surface area contributed by atoms with Crippen LogP contribution in [0.4, 0.5) is 10.2 Å². The highest BCUT2D eigenvalue weighted by atomic mass is 35.5. The molecule has 0 bridgehead atoms. The molecule has 0 radical (unpaired) electrons. The zero-order chi connectivity index (χ0) is 28.6. The molecule has 2 aliphatic heterocycles. The molecule has 1 N–H and O–H groups in total. The van der Waals surface area contributed by atoms with Gasteiger partial charge in [-0.25, -0.2) is 14.4 Å². The van der Waals surface area contributed by atoms with Crippen LogP contribution in [-0.2, 0) is 0 Å². The van der Waals surface area contributed by atoms with Crippen LogP contribution >= 0.6 is 11.6 Å². The maximum Gasteiger partial charge on any atom is 0.163 e. The van der Waals surface area contributed by atoms with Gasteiger partial charge in [0, 0.05) is 43.9 Å². The number of rotatable bonds is 10. The first-order chi connectivity index (χ1) is 19.1. The van der Waals surface area contributed by atoms with Gasteiger partial charge in [0.1, 0.15) is 30.1 Å². The predicted molar refractivity (Wildman–Crippen MR) is 155 cm³/mol. The zero-order valence-corrected chi connectivity index (χ0v) is 24.6. The monoisotopic (exact) mass is 569 g/mol. The summed E-state index contributed by atoms with van der Waals surface area (Å²) in [5.41, 5.74) is 6.58. The first-order valence-electron chi connectivity index (χ1n) is 13.9. The molecule has 8 nitrogen and oxygen atoms in total. The highest BCUT2D eigenvalue weighted by molar-refractivity contribution is 6.33. The molecule has 0 saturated heterocycles. The second-order valence-electron chi connectivity index (χ2n) is 11.0. The second-order valence-corrected chi connectivity index (χ2v) is 11.4. The molecule has 1 unspecified atom stereocenters. The summed E-state index contributed by atoms with van der Waals surface area (Å²) in [6.07, 6.45) is 0.165. The summed E-state index contributed by atoms with van der Waals surface area (Å²) < 4.78 is 25.0. The summed E-state index contributed by atoms with van der Waals surface area (Å²) in [7, 11) is 0. The van der Waals surface area contributed by atoms with E-state index in [2.05, 4.69) is 15.0 Å². The third kappa shape index (κ3) is 5.87. The minimum absolute atomic E-state index is 0.197. The summed E-state index contributed by atoms with van der Waals surface area (Å²) in [5.74, 6) is 2.56. The quantitative estimate of drug-likeness (QED) is 0.311. The van der Waals surface area contributed by atoms with Crippen LogP contribution in [0.15, 0.2) is 33.9 Å². The maximum absolute atomic E-state index is 13.6. The molecule has 0 aliphatic carbocycles. The Morgan fingerprint density at radius 1 is 1.12 bits per heavy atom. The highest BCUT2D eigenvalue weighted by Gasteiger charge is 2.33. The van der Waals surface area contributed by atoms with Crippen molar-refractivity contribution in [2.24, 2.45) is 0 Å². The Labute approximate surface area is 239 Å². The molecule has 5 rings (SSSR count). The molecule has 0 saturated carbocycles. The molecule has 40 heavy (non-hydrogen) atoms. The molecule has 1 aromatic carbocycles. The molecule has 2 atom stereocenters. The van der Waals surface area contributed by atoms with Crippen molar-refractivity contribution in [2.75, 3.05) is 44.2 Å². The van der Waals surface area contributed by atoms with E-state index in [1.165, 1.54) is 11.1 Å². The van der Waals surface area contributed by atoms with Gasteiger partial charge in [-0.05, 0) is 63.5 Å². The Kier molecular flexibility index (Phi) is 8.44. The van der Waals surface area contributed by atoms with Crippen LogP contribution in [0.3, 0.4) is 0 Å². The number of aromatic nitrogens is 3. The van der Waals surface area contributed by atoms with Crippen molar-refractivity contribution < 1.29 is 18.8 Å². The van der Waals surface area contributed by atoms with Crippen LogP contribution in [0.1, 0.15) is 43.7 Å². The number of halogens is 2. The van der Waals surface area contributed by atoms with Gasteiger partial charge in [0.15, 0.2) is 5.82 Å². The van der Waals surface area contributed by atoms with Crippen molar-refractivity contribution in [1.29, 1.82) is 0 Å². The number of hydrogen-bond donors (Lipinski definition) is 1. The lowest BCUT2D eigenvalue weighted by Gasteiger charge is -2.26. The zero-order valence-electron chi connectivity index (χ0n) is 23.8. The Balaban J connectivity index is 1.51. The number of hydrogen-bond acceptors (Lipinski definition) is 8. The highest BCUT2D eigenvalue weighted by Crippen LogP contribution is 2.39. The first kappa shape index (κ1) is 28.5. The Morgan fingerprint density at radius 3 is 2.48 bits per heavy atom. The number of aliphatic hydroxyl groups is 1. The van der Waals surface area contributed by atoms with E-state index in [4.69, 9.17) is 30.8 Å². The van der Waals surface area contributed by atoms with E-state index in [9.17, 15) is 9.50 Å². The number of alkyl halides is 1. The van der Waals surface area contributed by atoms with Crippen LogP contribution in [0.5, 0.6) is 5.75 Å². The van der Waals surface area contributed by atoms with Crippen molar-refractivity contribution in [1.82, 2.24) is 20.0 Å². The molecule has 0 fully saturated rings. The van der Waals surface area contributed by atoms with Crippen molar-refractivity contribution in [3.8, 4) is 28.4 Å². The number of ether oxygens (including phenoxy) is 1. The maximum atomic E-state index is 13.6. The van der Waals surface area contributed by atoms with Gasteiger partial charge in [-0.15, -0.1) is 0 Å². The molecule has 2 aliphatic rings. The lowest BCUT2D eigenvalue weighted by molar-refractivity contribution is 0.0994. The summed E-state index contributed by atoms with van der Waals surface area (Å²) in [6.45, 7) is 13.1. The number of aliphatic hydroxyl groups excluding tert-OH is 1. The first-order valence-corrected chi connectivity index (χ1v) is 14.3. The lowest BCUT2D eigenvalue weighted by Crippen LogP contribution is -2.33. The van der Waals surface area contributed by atoms with E-state index in [1.807, 2.05) is 33.8 Å². The van der Waals surface area contributed by atoms with E-state index in [0.717, 1.165) is 60.9 Å². The van der Waals surface area contributed by atoms with E-state index in [0.29, 0.717) is 40.9 Å². The largest absolute Gasteiger partial charge is 0.491 e. The van der Waals surface area contributed by atoms with Crippen LogP contribution in [0, 0.1) is 20.8 Å². The topological polar surface area (TPSA) is 87.7 Å². The fraction of sp³-hybridized carbons (Fsp3) is 0.500. The normalized spacial score (nSPS) is 17.1. The molecule has 10 heteroatoms. The minimum atomic E-state index is -0.847. The Bertz CT molecular complexity index is 1390. The van der Waals surface area contributed by atoms with E-state index in [1.54, 1.807) is 19.1 Å².